The molecule has 0 spiro atoms. The van der Waals surface area contributed by atoms with Crippen LogP contribution in [0.5, 0.6) is 0 Å². The van der Waals surface area contributed by atoms with Crippen molar-refractivity contribution in [2.45, 2.75) is 31.7 Å². The summed E-state index contributed by atoms with van der Waals surface area (Å²) in [5.74, 6) is 0.0734. The molecule has 1 fully saturated rings. The molecule has 1 aromatic heterocycles. The van der Waals surface area contributed by atoms with E-state index in [9.17, 15) is 4.79 Å². The second-order valence-electron chi connectivity index (χ2n) is 8.19. The summed E-state index contributed by atoms with van der Waals surface area (Å²) in [6, 6.07) is 23.3. The van der Waals surface area contributed by atoms with Gasteiger partial charge in [-0.2, -0.15) is 5.10 Å². The molecule has 31 heavy (non-hydrogen) atoms. The first-order valence-corrected chi connectivity index (χ1v) is 10.9. The lowest BCUT2D eigenvalue weighted by molar-refractivity contribution is -0.121. The van der Waals surface area contributed by atoms with Gasteiger partial charge in [0.1, 0.15) is 6.54 Å². The minimum Gasteiger partial charge on any atom is -0.352 e. The second kappa shape index (κ2) is 8.64. The van der Waals surface area contributed by atoms with Crippen LogP contribution in [0, 0.1) is 0 Å². The molecule has 3 aromatic rings. The SMILES string of the molecule is O=C(CN1C=CCC(c2cc(Cc3ccccc3)n(-c3ccccc3)n2)=C1)NC1CC1. The van der Waals surface area contributed by atoms with Gasteiger partial charge in [0.25, 0.3) is 0 Å². The third-order valence-corrected chi connectivity index (χ3v) is 5.57. The number of para-hydroxylation sites is 1. The zero-order valence-electron chi connectivity index (χ0n) is 17.4. The van der Waals surface area contributed by atoms with Crippen LogP contribution in [0.25, 0.3) is 11.3 Å². The van der Waals surface area contributed by atoms with E-state index in [1.807, 2.05) is 40.0 Å². The number of benzene rings is 2. The predicted octanol–water partition coefficient (Wildman–Crippen LogP) is 4.30. The fourth-order valence-electron chi connectivity index (χ4n) is 3.85. The fourth-order valence-corrected chi connectivity index (χ4v) is 3.85. The van der Waals surface area contributed by atoms with E-state index in [0.29, 0.717) is 12.6 Å². The van der Waals surface area contributed by atoms with Crippen LogP contribution in [0.1, 0.15) is 36.2 Å². The van der Waals surface area contributed by atoms with Gasteiger partial charge in [-0.25, -0.2) is 4.68 Å². The maximum Gasteiger partial charge on any atom is 0.240 e. The van der Waals surface area contributed by atoms with E-state index >= 15 is 0 Å². The molecule has 0 unspecified atom stereocenters. The topological polar surface area (TPSA) is 50.2 Å². The van der Waals surface area contributed by atoms with E-state index in [-0.39, 0.29) is 5.91 Å². The van der Waals surface area contributed by atoms with Crippen molar-refractivity contribution in [1.29, 1.82) is 0 Å². The predicted molar refractivity (Wildman–Crippen MR) is 122 cm³/mol. The molecule has 2 heterocycles. The van der Waals surface area contributed by atoms with Gasteiger partial charge in [0.05, 0.1) is 11.4 Å². The number of amides is 1. The largest absolute Gasteiger partial charge is 0.352 e. The molecule has 0 saturated heterocycles. The van der Waals surface area contributed by atoms with Crippen molar-refractivity contribution >= 4 is 11.5 Å². The monoisotopic (exact) mass is 410 g/mol. The van der Waals surface area contributed by atoms with Crippen LogP contribution < -0.4 is 5.32 Å². The Balaban J connectivity index is 1.42. The molecule has 1 N–H and O–H groups in total. The molecule has 2 aromatic carbocycles. The van der Waals surface area contributed by atoms with Crippen LogP contribution in [0.15, 0.2) is 85.2 Å². The van der Waals surface area contributed by atoms with E-state index in [1.165, 1.54) is 5.56 Å². The highest BCUT2D eigenvalue weighted by molar-refractivity contribution is 5.79. The molecule has 156 valence electrons. The fraction of sp³-hybridized carbons (Fsp3) is 0.231. The molecular weight excluding hydrogens is 384 g/mol. The Morgan fingerprint density at radius 1 is 1.03 bits per heavy atom. The maximum absolute atomic E-state index is 12.2. The first kappa shape index (κ1) is 19.4. The highest BCUT2D eigenvalue weighted by Gasteiger charge is 2.24. The Kier molecular flexibility index (Phi) is 5.40. The molecule has 5 nitrogen and oxygen atoms in total. The number of nitrogens with zero attached hydrogens (tertiary/aromatic N) is 3. The highest BCUT2D eigenvalue weighted by Crippen LogP contribution is 2.26. The van der Waals surface area contributed by atoms with E-state index in [4.69, 9.17) is 5.10 Å². The van der Waals surface area contributed by atoms with Crippen molar-refractivity contribution in [2.24, 2.45) is 0 Å². The van der Waals surface area contributed by atoms with Crippen molar-refractivity contribution in [3.05, 3.63) is 102 Å². The van der Waals surface area contributed by atoms with E-state index < -0.39 is 0 Å². The molecule has 1 aliphatic heterocycles. The highest BCUT2D eigenvalue weighted by atomic mass is 16.2. The van der Waals surface area contributed by atoms with E-state index in [1.54, 1.807) is 0 Å². The number of aromatic nitrogens is 2. The number of carbonyl (C=O) groups excluding carboxylic acids is 1. The number of carbonyl (C=O) groups is 1. The first-order valence-electron chi connectivity index (χ1n) is 10.9. The van der Waals surface area contributed by atoms with Crippen molar-refractivity contribution in [1.82, 2.24) is 20.0 Å². The standard InChI is InChI=1S/C26H26N4O/c31-26(27-22-13-14-22)19-29-15-7-10-21(18-29)25-17-24(16-20-8-3-1-4-9-20)30(28-25)23-11-5-2-6-12-23/h1-9,11-12,15,17-18,22H,10,13-14,16,19H2,(H,27,31). The molecule has 0 radical (unpaired) electrons. The van der Waals surface area contributed by atoms with Gasteiger partial charge in [-0.1, -0.05) is 54.6 Å². The van der Waals surface area contributed by atoms with E-state index in [2.05, 4.69) is 60.1 Å². The van der Waals surface area contributed by atoms with Gasteiger partial charge in [0.15, 0.2) is 0 Å². The summed E-state index contributed by atoms with van der Waals surface area (Å²) < 4.78 is 2.03. The third-order valence-electron chi connectivity index (χ3n) is 5.57. The summed E-state index contributed by atoms with van der Waals surface area (Å²) in [5, 5.41) is 8.01. The zero-order valence-corrected chi connectivity index (χ0v) is 17.4. The average Bonchev–Trinajstić information content (AvgIpc) is 3.51. The Morgan fingerprint density at radius 2 is 1.77 bits per heavy atom. The molecule has 5 heteroatoms. The van der Waals surface area contributed by atoms with Crippen LogP contribution in [0.4, 0.5) is 0 Å². The number of hydrogen-bond donors (Lipinski definition) is 1. The summed E-state index contributed by atoms with van der Waals surface area (Å²) in [6.07, 6.45) is 9.94. The van der Waals surface area contributed by atoms with Gasteiger partial charge >= 0.3 is 0 Å². The zero-order chi connectivity index (χ0) is 21.0. The lowest BCUT2D eigenvalue weighted by Gasteiger charge is -2.20. The van der Waals surface area contributed by atoms with E-state index in [0.717, 1.165) is 48.3 Å². The van der Waals surface area contributed by atoms with Gasteiger partial charge in [-0.05, 0) is 48.6 Å². The Hall–Kier alpha value is -3.60. The number of nitrogens with one attached hydrogen (secondary N) is 1. The van der Waals surface area contributed by atoms with Gasteiger partial charge in [-0.3, -0.25) is 4.79 Å². The Labute approximate surface area is 182 Å². The van der Waals surface area contributed by atoms with Gasteiger partial charge < -0.3 is 10.2 Å². The summed E-state index contributed by atoms with van der Waals surface area (Å²) >= 11 is 0. The maximum atomic E-state index is 12.2. The summed E-state index contributed by atoms with van der Waals surface area (Å²) in [5.41, 5.74) is 5.51. The summed E-state index contributed by atoms with van der Waals surface area (Å²) in [7, 11) is 0. The quantitative estimate of drug-likeness (QED) is 0.632. The molecule has 1 aliphatic carbocycles. The van der Waals surface area contributed by atoms with Crippen molar-refractivity contribution in [2.75, 3.05) is 6.54 Å². The smallest absolute Gasteiger partial charge is 0.240 e. The average molecular weight is 411 g/mol. The minimum absolute atomic E-state index is 0.0734. The molecule has 1 amide bonds. The number of hydrogen-bond acceptors (Lipinski definition) is 3. The van der Waals surface area contributed by atoms with Crippen molar-refractivity contribution in [3.8, 4) is 5.69 Å². The Morgan fingerprint density at radius 3 is 2.52 bits per heavy atom. The lowest BCUT2D eigenvalue weighted by Crippen LogP contribution is -2.34. The van der Waals surface area contributed by atoms with Crippen LogP contribution in [-0.4, -0.2) is 33.2 Å². The van der Waals surface area contributed by atoms with Crippen LogP contribution in [0.3, 0.4) is 0 Å². The molecule has 5 rings (SSSR count). The summed E-state index contributed by atoms with van der Waals surface area (Å²) in [6.45, 7) is 0.340. The molecule has 0 atom stereocenters. The number of allylic oxidation sites excluding steroid dienone is 2. The molecular formula is C26H26N4O. The van der Waals surface area contributed by atoms with Gasteiger partial charge in [0.2, 0.25) is 5.91 Å². The first-order chi connectivity index (χ1) is 15.2. The summed E-state index contributed by atoms with van der Waals surface area (Å²) in [4.78, 5) is 14.2. The van der Waals surface area contributed by atoms with Gasteiger partial charge in [-0.15, -0.1) is 0 Å². The Bertz CT molecular complexity index is 1110. The van der Waals surface area contributed by atoms with Gasteiger partial charge in [0, 0.05) is 30.6 Å². The molecule has 2 aliphatic rings. The number of rotatable bonds is 7. The minimum atomic E-state index is 0.0734. The normalized spacial score (nSPS) is 15.6. The third kappa shape index (κ3) is 4.77. The lowest BCUT2D eigenvalue weighted by atomic mass is 10.1. The van der Waals surface area contributed by atoms with Crippen molar-refractivity contribution in [3.63, 3.8) is 0 Å². The second-order valence-corrected chi connectivity index (χ2v) is 8.19. The van der Waals surface area contributed by atoms with Crippen LogP contribution >= 0.6 is 0 Å². The molecule has 0 bridgehead atoms. The van der Waals surface area contributed by atoms with Crippen molar-refractivity contribution < 1.29 is 4.79 Å². The molecule has 1 saturated carbocycles. The van der Waals surface area contributed by atoms with Crippen LogP contribution in [0.2, 0.25) is 0 Å². The van der Waals surface area contributed by atoms with Crippen LogP contribution in [-0.2, 0) is 11.2 Å².